The highest BCUT2D eigenvalue weighted by atomic mass is 79.9. The molecule has 1 aromatic carbocycles. The predicted molar refractivity (Wildman–Crippen MR) is 81.8 cm³/mol. The lowest BCUT2D eigenvalue weighted by Crippen LogP contribution is -2.33. The zero-order valence-corrected chi connectivity index (χ0v) is 13.1. The summed E-state index contributed by atoms with van der Waals surface area (Å²) in [4.78, 5) is 0. The van der Waals surface area contributed by atoms with Gasteiger partial charge in [0, 0.05) is 17.1 Å². The van der Waals surface area contributed by atoms with Crippen molar-refractivity contribution in [3.8, 4) is 0 Å². The Labute approximate surface area is 119 Å². The summed E-state index contributed by atoms with van der Waals surface area (Å²) in [5.41, 5.74) is 2.69. The van der Waals surface area contributed by atoms with Crippen LogP contribution in [0.25, 0.3) is 0 Å². The van der Waals surface area contributed by atoms with Crippen LogP contribution in [0, 0.1) is 12.8 Å². The summed E-state index contributed by atoms with van der Waals surface area (Å²) in [6.45, 7) is 5.52. The van der Waals surface area contributed by atoms with Crippen LogP contribution in [0.1, 0.15) is 50.2 Å². The van der Waals surface area contributed by atoms with Crippen LogP contribution in [-0.2, 0) is 6.54 Å². The molecule has 0 amide bonds. The van der Waals surface area contributed by atoms with Crippen LogP contribution in [0.15, 0.2) is 22.7 Å². The standard InChI is InChI=1S/C16H24BrN/c1-12-8-9-14(10-15(12)17)11-18-16-7-5-3-4-6-13(16)2/h8-10,13,16,18H,3-7,11H2,1-2H3. The molecule has 0 bridgehead atoms. The fourth-order valence-corrected chi connectivity index (χ4v) is 3.22. The van der Waals surface area contributed by atoms with E-state index in [2.05, 4.69) is 53.3 Å². The quantitative estimate of drug-likeness (QED) is 0.790. The third-order valence-electron chi connectivity index (χ3n) is 4.17. The Bertz CT molecular complexity index is 389. The van der Waals surface area contributed by atoms with E-state index in [-0.39, 0.29) is 0 Å². The molecule has 0 heterocycles. The molecule has 0 aliphatic heterocycles. The van der Waals surface area contributed by atoms with Crippen LogP contribution in [-0.4, -0.2) is 6.04 Å². The van der Waals surface area contributed by atoms with Gasteiger partial charge in [0.05, 0.1) is 0 Å². The summed E-state index contributed by atoms with van der Waals surface area (Å²) in [5.74, 6) is 0.821. The highest BCUT2D eigenvalue weighted by Crippen LogP contribution is 2.23. The van der Waals surface area contributed by atoms with Gasteiger partial charge in [-0.25, -0.2) is 0 Å². The second-order valence-corrected chi connectivity index (χ2v) is 6.54. The van der Waals surface area contributed by atoms with Gasteiger partial charge < -0.3 is 5.32 Å². The third-order valence-corrected chi connectivity index (χ3v) is 5.02. The van der Waals surface area contributed by atoms with Gasteiger partial charge in [-0.2, -0.15) is 0 Å². The first kappa shape index (κ1) is 14.1. The van der Waals surface area contributed by atoms with E-state index < -0.39 is 0 Å². The summed E-state index contributed by atoms with van der Waals surface area (Å²) in [6, 6.07) is 7.36. The molecule has 100 valence electrons. The van der Waals surface area contributed by atoms with Crippen molar-refractivity contribution in [2.24, 2.45) is 5.92 Å². The SMILES string of the molecule is Cc1ccc(CNC2CCCCCC2C)cc1Br. The maximum atomic E-state index is 3.75. The monoisotopic (exact) mass is 309 g/mol. The lowest BCUT2D eigenvalue weighted by Gasteiger charge is -2.23. The first-order valence-electron chi connectivity index (χ1n) is 7.15. The van der Waals surface area contributed by atoms with Crippen LogP contribution < -0.4 is 5.32 Å². The van der Waals surface area contributed by atoms with Crippen LogP contribution in [0.4, 0.5) is 0 Å². The fourth-order valence-electron chi connectivity index (χ4n) is 2.79. The van der Waals surface area contributed by atoms with Crippen molar-refractivity contribution in [3.05, 3.63) is 33.8 Å². The van der Waals surface area contributed by atoms with Crippen LogP contribution in [0.3, 0.4) is 0 Å². The molecule has 2 atom stereocenters. The van der Waals surface area contributed by atoms with Gasteiger partial charge in [0.25, 0.3) is 0 Å². The molecule has 2 rings (SSSR count). The minimum atomic E-state index is 0.701. The average molecular weight is 310 g/mol. The smallest absolute Gasteiger partial charge is 0.0208 e. The summed E-state index contributed by atoms with van der Waals surface area (Å²) >= 11 is 3.61. The van der Waals surface area contributed by atoms with Crippen molar-refractivity contribution in [3.63, 3.8) is 0 Å². The van der Waals surface area contributed by atoms with Gasteiger partial charge in [0.15, 0.2) is 0 Å². The second-order valence-electron chi connectivity index (χ2n) is 5.69. The third kappa shape index (κ3) is 3.83. The zero-order chi connectivity index (χ0) is 13.0. The zero-order valence-electron chi connectivity index (χ0n) is 11.5. The Hall–Kier alpha value is -0.340. The topological polar surface area (TPSA) is 12.0 Å². The Morgan fingerprint density at radius 2 is 2.00 bits per heavy atom. The summed E-state index contributed by atoms with van der Waals surface area (Å²) in [7, 11) is 0. The number of hydrogen-bond donors (Lipinski definition) is 1. The number of benzene rings is 1. The van der Waals surface area contributed by atoms with Gasteiger partial charge >= 0.3 is 0 Å². The second kappa shape index (κ2) is 6.72. The first-order chi connectivity index (χ1) is 8.66. The molecule has 0 saturated heterocycles. The van der Waals surface area contributed by atoms with Crippen molar-refractivity contribution < 1.29 is 0 Å². The molecule has 18 heavy (non-hydrogen) atoms. The van der Waals surface area contributed by atoms with Crippen LogP contribution >= 0.6 is 15.9 Å². The molecule has 1 saturated carbocycles. The molecular formula is C16H24BrN. The van der Waals surface area contributed by atoms with Crippen LogP contribution in [0.5, 0.6) is 0 Å². The molecule has 1 aliphatic carbocycles. The number of halogens is 1. The van der Waals surface area contributed by atoms with Crippen molar-refractivity contribution >= 4 is 15.9 Å². The van der Waals surface area contributed by atoms with E-state index in [4.69, 9.17) is 0 Å². The van der Waals surface area contributed by atoms with Crippen molar-refractivity contribution in [2.45, 2.75) is 58.5 Å². The summed E-state index contributed by atoms with van der Waals surface area (Å²) < 4.78 is 1.22. The van der Waals surface area contributed by atoms with Gasteiger partial charge in [0.2, 0.25) is 0 Å². The Balaban J connectivity index is 1.91. The van der Waals surface area contributed by atoms with E-state index in [0.717, 1.165) is 12.5 Å². The van der Waals surface area contributed by atoms with Gasteiger partial charge in [-0.1, -0.05) is 54.2 Å². The highest BCUT2D eigenvalue weighted by molar-refractivity contribution is 9.10. The largest absolute Gasteiger partial charge is 0.310 e. The predicted octanol–water partition coefficient (Wildman–Crippen LogP) is 4.82. The Kier molecular flexibility index (Phi) is 5.25. The molecule has 2 heteroatoms. The highest BCUT2D eigenvalue weighted by Gasteiger charge is 2.18. The van der Waals surface area contributed by atoms with E-state index in [0.29, 0.717) is 6.04 Å². The lowest BCUT2D eigenvalue weighted by atomic mass is 9.97. The number of hydrogen-bond acceptors (Lipinski definition) is 1. The van der Waals surface area contributed by atoms with E-state index in [1.807, 2.05) is 0 Å². The molecule has 1 fully saturated rings. The normalized spacial score (nSPS) is 24.8. The summed E-state index contributed by atoms with van der Waals surface area (Å²) in [6.07, 6.45) is 6.94. The maximum absolute atomic E-state index is 3.75. The number of nitrogens with one attached hydrogen (secondary N) is 1. The Morgan fingerprint density at radius 1 is 1.22 bits per heavy atom. The van der Waals surface area contributed by atoms with E-state index in [9.17, 15) is 0 Å². The molecule has 1 N–H and O–H groups in total. The van der Waals surface area contributed by atoms with E-state index in [1.165, 1.54) is 47.7 Å². The first-order valence-corrected chi connectivity index (χ1v) is 7.94. The Morgan fingerprint density at radius 3 is 2.78 bits per heavy atom. The lowest BCUT2D eigenvalue weighted by molar-refractivity contribution is 0.356. The molecule has 1 aliphatic rings. The minimum Gasteiger partial charge on any atom is -0.310 e. The molecule has 0 aromatic heterocycles. The molecule has 0 radical (unpaired) electrons. The molecule has 2 unspecified atom stereocenters. The van der Waals surface area contributed by atoms with Crippen LogP contribution in [0.2, 0.25) is 0 Å². The maximum Gasteiger partial charge on any atom is 0.0208 e. The van der Waals surface area contributed by atoms with Gasteiger partial charge in [-0.05, 0) is 42.9 Å². The van der Waals surface area contributed by atoms with Crippen molar-refractivity contribution in [1.29, 1.82) is 0 Å². The van der Waals surface area contributed by atoms with Crippen molar-refractivity contribution in [2.75, 3.05) is 0 Å². The molecule has 1 aromatic rings. The van der Waals surface area contributed by atoms with Gasteiger partial charge in [0.1, 0.15) is 0 Å². The van der Waals surface area contributed by atoms with E-state index in [1.54, 1.807) is 0 Å². The number of rotatable bonds is 3. The fraction of sp³-hybridized carbons (Fsp3) is 0.625. The minimum absolute atomic E-state index is 0.701. The molecular weight excluding hydrogens is 286 g/mol. The summed E-state index contributed by atoms with van der Waals surface area (Å²) in [5, 5.41) is 3.75. The van der Waals surface area contributed by atoms with Crippen molar-refractivity contribution in [1.82, 2.24) is 5.32 Å². The van der Waals surface area contributed by atoms with Gasteiger partial charge in [-0.15, -0.1) is 0 Å². The van der Waals surface area contributed by atoms with Gasteiger partial charge in [-0.3, -0.25) is 0 Å². The van der Waals surface area contributed by atoms with E-state index >= 15 is 0 Å². The number of aryl methyl sites for hydroxylation is 1. The molecule has 0 spiro atoms. The average Bonchev–Trinajstić information content (AvgIpc) is 2.56. The molecule has 1 nitrogen and oxygen atoms in total.